The van der Waals surface area contributed by atoms with Gasteiger partial charge in [-0.1, -0.05) is 12.1 Å². The highest BCUT2D eigenvalue weighted by Gasteiger charge is 2.45. The van der Waals surface area contributed by atoms with Gasteiger partial charge in [0.1, 0.15) is 23.3 Å². The number of benzene rings is 2. The summed E-state index contributed by atoms with van der Waals surface area (Å²) in [5, 5.41) is 5.46. The van der Waals surface area contributed by atoms with Gasteiger partial charge < -0.3 is 16.4 Å². The number of nitrogens with two attached hydrogens (primary N) is 1. The lowest BCUT2D eigenvalue weighted by atomic mass is 9.84. The Bertz CT molecular complexity index is 1570. The molecule has 3 aromatic rings. The molecule has 0 radical (unpaired) electrons. The summed E-state index contributed by atoms with van der Waals surface area (Å²) in [5.41, 5.74) is 6.91. The molecule has 2 aliphatic rings. The molecule has 0 unspecified atom stereocenters. The minimum absolute atomic E-state index is 0.0390. The van der Waals surface area contributed by atoms with Gasteiger partial charge >= 0.3 is 0 Å². The van der Waals surface area contributed by atoms with E-state index in [0.717, 1.165) is 30.5 Å². The van der Waals surface area contributed by atoms with Crippen LogP contribution in [0.2, 0.25) is 0 Å². The molecule has 1 amide bonds. The predicted octanol–water partition coefficient (Wildman–Crippen LogP) is 3.82. The molecule has 43 heavy (non-hydrogen) atoms. The highest BCUT2D eigenvalue weighted by atomic mass is 32.2. The fourth-order valence-electron chi connectivity index (χ4n) is 5.76. The fraction of sp³-hybridized carbons (Fsp3) is 0.400. The molecule has 8 nitrogen and oxygen atoms in total. The second-order valence-corrected chi connectivity index (χ2v) is 13.3. The number of sulfonamides is 1. The molecule has 5 rings (SSSR count). The van der Waals surface area contributed by atoms with E-state index in [-0.39, 0.29) is 40.9 Å². The third-order valence-electron chi connectivity index (χ3n) is 7.98. The van der Waals surface area contributed by atoms with Crippen LogP contribution >= 0.6 is 0 Å². The first-order chi connectivity index (χ1) is 20.5. The van der Waals surface area contributed by atoms with Crippen LogP contribution in [0.25, 0.3) is 0 Å². The Morgan fingerprint density at radius 3 is 2.35 bits per heavy atom. The van der Waals surface area contributed by atoms with E-state index >= 15 is 4.39 Å². The van der Waals surface area contributed by atoms with Crippen molar-refractivity contribution in [3.8, 4) is 0 Å². The summed E-state index contributed by atoms with van der Waals surface area (Å²) in [6, 6.07) is 5.68. The van der Waals surface area contributed by atoms with E-state index < -0.39 is 57.2 Å². The Labute approximate surface area is 247 Å². The molecule has 13 heteroatoms. The Balaban J connectivity index is 1.38. The van der Waals surface area contributed by atoms with Crippen molar-refractivity contribution in [2.45, 2.75) is 61.9 Å². The number of piperazine rings is 1. The number of anilines is 1. The zero-order valence-corrected chi connectivity index (χ0v) is 24.3. The average Bonchev–Trinajstić information content (AvgIpc) is 3.80. The number of carbonyl (C=O) groups excluding carboxylic acids is 1. The summed E-state index contributed by atoms with van der Waals surface area (Å²) < 4.78 is 84.9. The highest BCUT2D eigenvalue weighted by Crippen LogP contribution is 2.35. The summed E-state index contributed by atoms with van der Waals surface area (Å²) >= 11 is 0. The van der Waals surface area contributed by atoms with Crippen LogP contribution in [0.3, 0.4) is 0 Å². The standard InChI is InChI=1S/C30H33F4N5O3S/c1-17-13-36-14-23(39(17)43(41,42)24-7-8-24)6-9-25-26(34)15-37-16-27(25)38-30(40)29(35)28(18-2-4-20(31)5-3-18)19-10-21(32)12-22(33)11-19/h2-5,10-12,15-17,23-24,28-29,36H,6-9,13-14,35H2,1H3,(H,38,40)/t17-,23+,28+,29+/m1/s1. The average molecular weight is 620 g/mol. The van der Waals surface area contributed by atoms with Crippen LogP contribution < -0.4 is 16.4 Å². The van der Waals surface area contributed by atoms with E-state index in [1.54, 1.807) is 4.31 Å². The van der Waals surface area contributed by atoms with Crippen molar-refractivity contribution in [2.75, 3.05) is 18.4 Å². The van der Waals surface area contributed by atoms with Crippen LogP contribution in [0.15, 0.2) is 54.9 Å². The molecule has 0 spiro atoms. The highest BCUT2D eigenvalue weighted by molar-refractivity contribution is 7.90. The maximum atomic E-state index is 15.1. The fourth-order valence-corrected chi connectivity index (χ4v) is 8.01. The van der Waals surface area contributed by atoms with E-state index in [4.69, 9.17) is 5.73 Å². The number of hydrogen-bond donors (Lipinski definition) is 3. The lowest BCUT2D eigenvalue weighted by Gasteiger charge is -2.40. The third-order valence-corrected chi connectivity index (χ3v) is 10.5. The van der Waals surface area contributed by atoms with Gasteiger partial charge in [0.2, 0.25) is 15.9 Å². The first-order valence-corrected chi connectivity index (χ1v) is 15.6. The summed E-state index contributed by atoms with van der Waals surface area (Å²) in [4.78, 5) is 17.3. The maximum Gasteiger partial charge on any atom is 0.242 e. The molecule has 2 heterocycles. The molecule has 1 saturated heterocycles. The van der Waals surface area contributed by atoms with Gasteiger partial charge in [-0.2, -0.15) is 4.31 Å². The normalized spacial score (nSPS) is 20.9. The Morgan fingerprint density at radius 2 is 1.70 bits per heavy atom. The van der Waals surface area contributed by atoms with Crippen molar-refractivity contribution in [3.63, 3.8) is 0 Å². The van der Waals surface area contributed by atoms with Crippen molar-refractivity contribution in [3.05, 3.63) is 94.8 Å². The van der Waals surface area contributed by atoms with Gasteiger partial charge in [0.15, 0.2) is 0 Å². The van der Waals surface area contributed by atoms with E-state index in [0.29, 0.717) is 37.6 Å². The Hall–Kier alpha value is -3.39. The number of halogens is 4. The summed E-state index contributed by atoms with van der Waals surface area (Å²) in [6.07, 6.45) is 3.89. The number of carbonyl (C=O) groups is 1. The SMILES string of the molecule is C[C@@H]1CNC[C@H](CCc2c(F)cncc2NC(=O)[C@@H](N)[C@@H](c2ccc(F)cc2)c2cc(F)cc(F)c2)N1S(=O)(=O)C1CC1. The lowest BCUT2D eigenvalue weighted by Crippen LogP contribution is -2.59. The first kappa shape index (κ1) is 31.0. The van der Waals surface area contributed by atoms with E-state index in [9.17, 15) is 26.4 Å². The smallest absolute Gasteiger partial charge is 0.242 e. The van der Waals surface area contributed by atoms with Gasteiger partial charge in [0.25, 0.3) is 0 Å². The number of aromatic nitrogens is 1. The molecule has 4 N–H and O–H groups in total. The molecule has 0 bridgehead atoms. The van der Waals surface area contributed by atoms with Crippen LogP contribution in [-0.2, 0) is 21.2 Å². The van der Waals surface area contributed by atoms with Crippen LogP contribution in [-0.4, -0.2) is 60.1 Å². The largest absolute Gasteiger partial charge is 0.323 e. The third kappa shape index (κ3) is 6.90. The summed E-state index contributed by atoms with van der Waals surface area (Å²) in [5.74, 6) is -4.87. The number of nitrogens with one attached hydrogen (secondary N) is 2. The van der Waals surface area contributed by atoms with Gasteiger partial charge in [-0.05, 0) is 68.0 Å². The molecule has 1 aliphatic carbocycles. The van der Waals surface area contributed by atoms with Crippen LogP contribution in [0.5, 0.6) is 0 Å². The number of rotatable bonds is 10. The molecule has 1 saturated carbocycles. The van der Waals surface area contributed by atoms with Gasteiger partial charge in [-0.3, -0.25) is 9.78 Å². The second kappa shape index (κ2) is 12.7. The minimum Gasteiger partial charge on any atom is -0.323 e. The minimum atomic E-state index is -3.49. The quantitative estimate of drug-likeness (QED) is 0.297. The van der Waals surface area contributed by atoms with Crippen molar-refractivity contribution in [1.82, 2.24) is 14.6 Å². The molecule has 4 atom stereocenters. The topological polar surface area (TPSA) is 117 Å². The molecule has 2 aromatic carbocycles. The van der Waals surface area contributed by atoms with Gasteiger partial charge in [-0.15, -0.1) is 0 Å². The van der Waals surface area contributed by atoms with Gasteiger partial charge in [-0.25, -0.2) is 26.0 Å². The van der Waals surface area contributed by atoms with Gasteiger partial charge in [0, 0.05) is 42.7 Å². The van der Waals surface area contributed by atoms with Crippen molar-refractivity contribution in [2.24, 2.45) is 5.73 Å². The zero-order valence-electron chi connectivity index (χ0n) is 23.4. The molecule has 1 aromatic heterocycles. The van der Waals surface area contributed by atoms with E-state index in [1.165, 1.54) is 18.3 Å². The number of nitrogens with zero attached hydrogens (tertiary/aromatic N) is 2. The van der Waals surface area contributed by atoms with Gasteiger partial charge in [0.05, 0.1) is 29.4 Å². The number of pyridine rings is 1. The number of amides is 1. The summed E-state index contributed by atoms with van der Waals surface area (Å²) in [7, 11) is -3.49. The van der Waals surface area contributed by atoms with Crippen molar-refractivity contribution < 1.29 is 30.8 Å². The Kier molecular flexibility index (Phi) is 9.16. The number of hydrogen-bond acceptors (Lipinski definition) is 6. The van der Waals surface area contributed by atoms with Crippen LogP contribution in [0.1, 0.15) is 48.8 Å². The van der Waals surface area contributed by atoms with Crippen molar-refractivity contribution in [1.29, 1.82) is 0 Å². The van der Waals surface area contributed by atoms with Crippen LogP contribution in [0, 0.1) is 23.3 Å². The second-order valence-electron chi connectivity index (χ2n) is 11.2. The molecule has 230 valence electrons. The molecular formula is C30H33F4N5O3S. The molecule has 2 fully saturated rings. The monoisotopic (exact) mass is 619 g/mol. The summed E-state index contributed by atoms with van der Waals surface area (Å²) in [6.45, 7) is 2.75. The Morgan fingerprint density at radius 1 is 1.02 bits per heavy atom. The lowest BCUT2D eigenvalue weighted by molar-refractivity contribution is -0.117. The van der Waals surface area contributed by atoms with Crippen molar-refractivity contribution >= 4 is 21.6 Å². The van der Waals surface area contributed by atoms with E-state index in [2.05, 4.69) is 15.6 Å². The van der Waals surface area contributed by atoms with Crippen LogP contribution in [0.4, 0.5) is 23.2 Å². The zero-order chi connectivity index (χ0) is 30.9. The van der Waals surface area contributed by atoms with E-state index in [1.807, 2.05) is 6.92 Å². The molecular weight excluding hydrogens is 586 g/mol. The predicted molar refractivity (Wildman–Crippen MR) is 154 cm³/mol. The maximum absolute atomic E-state index is 15.1. The first-order valence-electron chi connectivity index (χ1n) is 14.1. The molecule has 1 aliphatic heterocycles.